The number of piperidine rings is 1. The van der Waals surface area contributed by atoms with E-state index < -0.39 is 9.84 Å². The van der Waals surface area contributed by atoms with Crippen molar-refractivity contribution in [2.75, 3.05) is 45.5 Å². The van der Waals surface area contributed by atoms with Gasteiger partial charge in [0.15, 0.2) is 15.6 Å². The Morgan fingerprint density at radius 1 is 0.927 bits per heavy atom. The Bertz CT molecular complexity index is 1480. The molecule has 3 fully saturated rings. The summed E-state index contributed by atoms with van der Waals surface area (Å²) in [6.45, 7) is 5.22. The van der Waals surface area contributed by atoms with Crippen molar-refractivity contribution < 1.29 is 22.4 Å². The summed E-state index contributed by atoms with van der Waals surface area (Å²) in [6, 6.07) is 20.8. The lowest BCUT2D eigenvalue weighted by Crippen LogP contribution is -2.46. The maximum absolute atomic E-state index is 13.6. The molecule has 0 aliphatic carbocycles. The Kier molecular flexibility index (Phi) is 7.50. The van der Waals surface area contributed by atoms with Gasteiger partial charge in [0.05, 0.1) is 16.6 Å². The molecule has 0 saturated carbocycles. The second-order valence-electron chi connectivity index (χ2n) is 11.9. The van der Waals surface area contributed by atoms with Crippen molar-refractivity contribution in [1.82, 2.24) is 14.7 Å². The van der Waals surface area contributed by atoms with E-state index in [2.05, 4.69) is 29.2 Å². The molecule has 2 atom stereocenters. The minimum absolute atomic E-state index is 0.0568. The third-order valence-corrected chi connectivity index (χ3v) is 10.4. The van der Waals surface area contributed by atoms with Crippen LogP contribution in [0, 0.1) is 11.3 Å². The maximum Gasteiger partial charge on any atom is 0.289 e. The van der Waals surface area contributed by atoms with Gasteiger partial charge in [-0.3, -0.25) is 9.59 Å². The van der Waals surface area contributed by atoms with Crippen LogP contribution in [-0.2, 0) is 21.2 Å². The first-order valence-electron chi connectivity index (χ1n) is 14.4. The smallest absolute Gasteiger partial charge is 0.289 e. The van der Waals surface area contributed by atoms with E-state index in [0.29, 0.717) is 36.2 Å². The maximum atomic E-state index is 13.6. The van der Waals surface area contributed by atoms with Gasteiger partial charge in [-0.25, -0.2) is 8.42 Å². The molecule has 1 aromatic heterocycles. The van der Waals surface area contributed by atoms with E-state index >= 15 is 0 Å². The summed E-state index contributed by atoms with van der Waals surface area (Å²) in [5.74, 6) is 1.11. The predicted molar refractivity (Wildman–Crippen MR) is 155 cm³/mol. The van der Waals surface area contributed by atoms with E-state index in [4.69, 9.17) is 4.42 Å². The number of furan rings is 1. The number of amides is 2. The van der Waals surface area contributed by atoms with Gasteiger partial charge in [0.2, 0.25) is 5.91 Å². The van der Waals surface area contributed by atoms with Crippen LogP contribution in [0.1, 0.15) is 46.9 Å². The summed E-state index contributed by atoms with van der Waals surface area (Å²) in [5, 5.41) is 0. The summed E-state index contributed by atoms with van der Waals surface area (Å²) < 4.78 is 28.9. The van der Waals surface area contributed by atoms with Crippen molar-refractivity contribution in [3.05, 3.63) is 89.9 Å². The molecule has 1 spiro atoms. The quantitative estimate of drug-likeness (QED) is 0.422. The van der Waals surface area contributed by atoms with Gasteiger partial charge in [-0.2, -0.15) is 0 Å². The lowest BCUT2D eigenvalue weighted by Gasteiger charge is -2.39. The van der Waals surface area contributed by atoms with Crippen LogP contribution >= 0.6 is 0 Å². The highest BCUT2D eigenvalue weighted by Crippen LogP contribution is 2.43. The molecule has 216 valence electrons. The van der Waals surface area contributed by atoms with Gasteiger partial charge in [0, 0.05) is 44.9 Å². The van der Waals surface area contributed by atoms with Gasteiger partial charge in [0.25, 0.3) is 5.91 Å². The normalized spacial score (nSPS) is 23.0. The zero-order valence-corrected chi connectivity index (χ0v) is 24.3. The summed E-state index contributed by atoms with van der Waals surface area (Å²) in [5.41, 5.74) is 1.90. The van der Waals surface area contributed by atoms with Crippen LogP contribution in [0.4, 0.5) is 0 Å². The van der Waals surface area contributed by atoms with E-state index in [0.717, 1.165) is 51.0 Å². The molecule has 9 heteroatoms. The van der Waals surface area contributed by atoms with Gasteiger partial charge in [-0.15, -0.1) is 0 Å². The molecular formula is C32H37N3O5S. The minimum atomic E-state index is -3.24. The fourth-order valence-electron chi connectivity index (χ4n) is 6.92. The molecule has 41 heavy (non-hydrogen) atoms. The monoisotopic (exact) mass is 575 g/mol. The second kappa shape index (κ2) is 11.1. The molecule has 2 amide bonds. The molecule has 8 nitrogen and oxygen atoms in total. The topological polar surface area (TPSA) is 91.1 Å². The Balaban J connectivity index is 1.08. The molecule has 3 saturated heterocycles. The first kappa shape index (κ1) is 27.7. The number of nitrogens with zero attached hydrogens (tertiary/aromatic N) is 3. The zero-order chi connectivity index (χ0) is 28.6. The number of benzene rings is 2. The van der Waals surface area contributed by atoms with E-state index in [1.165, 1.54) is 11.8 Å². The average molecular weight is 576 g/mol. The Labute approximate surface area is 241 Å². The number of carbonyl (C=O) groups is 2. The van der Waals surface area contributed by atoms with Gasteiger partial charge in [-0.05, 0) is 73.7 Å². The molecule has 4 heterocycles. The Morgan fingerprint density at radius 3 is 2.29 bits per heavy atom. The number of sulfone groups is 1. The molecular weight excluding hydrogens is 538 g/mol. The highest BCUT2D eigenvalue weighted by molar-refractivity contribution is 7.90. The standard InChI is InChI=1S/C32H37N3O5S/c1-41(38,39)27-11-9-24(10-12-27)20-34-18-15-32(31(34)37)13-16-33(17-14-32)21-26-22-35(30(36)29-8-5-19-40-29)23-28(26)25-6-3-2-4-7-25/h2-12,19,26,28H,13-18,20-23H2,1H3. The summed E-state index contributed by atoms with van der Waals surface area (Å²) >= 11 is 0. The highest BCUT2D eigenvalue weighted by atomic mass is 32.2. The first-order chi connectivity index (χ1) is 19.7. The van der Waals surface area contributed by atoms with Crippen molar-refractivity contribution in [3.8, 4) is 0 Å². The van der Waals surface area contributed by atoms with Crippen molar-refractivity contribution in [3.63, 3.8) is 0 Å². The zero-order valence-electron chi connectivity index (χ0n) is 23.4. The number of likely N-dealkylation sites (tertiary alicyclic amines) is 3. The summed E-state index contributed by atoms with van der Waals surface area (Å²) in [4.78, 5) is 33.3. The molecule has 0 radical (unpaired) electrons. The summed E-state index contributed by atoms with van der Waals surface area (Å²) in [6.07, 6.45) is 5.29. The molecule has 6 rings (SSSR count). The second-order valence-corrected chi connectivity index (χ2v) is 14.0. The lowest BCUT2D eigenvalue weighted by molar-refractivity contribution is -0.139. The third-order valence-electron chi connectivity index (χ3n) is 9.32. The van der Waals surface area contributed by atoms with Crippen LogP contribution in [0.2, 0.25) is 0 Å². The van der Waals surface area contributed by atoms with Crippen LogP contribution in [0.5, 0.6) is 0 Å². The molecule has 2 aromatic carbocycles. The summed E-state index contributed by atoms with van der Waals surface area (Å²) in [7, 11) is -3.24. The number of hydrogen-bond donors (Lipinski definition) is 0. The highest BCUT2D eigenvalue weighted by Gasteiger charge is 2.48. The molecule has 0 bridgehead atoms. The number of rotatable bonds is 7. The van der Waals surface area contributed by atoms with E-state index in [-0.39, 0.29) is 23.1 Å². The van der Waals surface area contributed by atoms with Crippen molar-refractivity contribution in [2.24, 2.45) is 11.3 Å². The lowest BCUT2D eigenvalue weighted by atomic mass is 9.76. The van der Waals surface area contributed by atoms with Crippen LogP contribution in [0.25, 0.3) is 0 Å². The average Bonchev–Trinajstić information content (AvgIpc) is 3.72. The fraction of sp³-hybridized carbons (Fsp3) is 0.438. The Hall–Kier alpha value is -3.43. The van der Waals surface area contributed by atoms with Crippen molar-refractivity contribution >= 4 is 21.7 Å². The van der Waals surface area contributed by atoms with Gasteiger partial charge in [0.1, 0.15) is 0 Å². The van der Waals surface area contributed by atoms with Crippen LogP contribution < -0.4 is 0 Å². The van der Waals surface area contributed by atoms with Crippen molar-refractivity contribution in [1.29, 1.82) is 0 Å². The van der Waals surface area contributed by atoms with E-state index in [1.807, 2.05) is 28.0 Å². The number of carbonyl (C=O) groups excluding carboxylic acids is 2. The van der Waals surface area contributed by atoms with Crippen molar-refractivity contribution in [2.45, 2.75) is 36.6 Å². The minimum Gasteiger partial charge on any atom is -0.459 e. The van der Waals surface area contributed by atoms with E-state index in [1.54, 1.807) is 30.5 Å². The van der Waals surface area contributed by atoms with Gasteiger partial charge >= 0.3 is 0 Å². The van der Waals surface area contributed by atoms with Crippen LogP contribution in [0.15, 0.2) is 82.3 Å². The molecule has 0 N–H and O–H groups in total. The van der Waals surface area contributed by atoms with Gasteiger partial charge < -0.3 is 19.1 Å². The SMILES string of the molecule is CS(=O)(=O)c1ccc(CN2CCC3(CCN(CC4CN(C(=O)c5ccco5)CC4c4ccccc4)CC3)C2=O)cc1. The van der Waals surface area contributed by atoms with Crippen LogP contribution in [0.3, 0.4) is 0 Å². The predicted octanol–water partition coefficient (Wildman–Crippen LogP) is 4.05. The molecule has 2 unspecified atom stereocenters. The fourth-order valence-corrected chi connectivity index (χ4v) is 7.55. The number of hydrogen-bond acceptors (Lipinski definition) is 6. The largest absolute Gasteiger partial charge is 0.459 e. The van der Waals surface area contributed by atoms with E-state index in [9.17, 15) is 18.0 Å². The molecule has 3 aromatic rings. The van der Waals surface area contributed by atoms with Crippen LogP contribution in [-0.4, -0.2) is 80.5 Å². The molecule has 3 aliphatic heterocycles. The Morgan fingerprint density at radius 2 is 1.63 bits per heavy atom. The molecule has 3 aliphatic rings. The first-order valence-corrected chi connectivity index (χ1v) is 16.3. The third kappa shape index (κ3) is 5.70. The van der Waals surface area contributed by atoms with Gasteiger partial charge in [-0.1, -0.05) is 42.5 Å².